The van der Waals surface area contributed by atoms with Gasteiger partial charge in [0.05, 0.1) is 12.7 Å². The number of likely N-dealkylation sites (tertiary alicyclic amines) is 1. The van der Waals surface area contributed by atoms with Gasteiger partial charge in [0.25, 0.3) is 0 Å². The number of benzene rings is 1. The van der Waals surface area contributed by atoms with Crippen molar-refractivity contribution in [3.8, 4) is 5.75 Å². The topological polar surface area (TPSA) is 49.8 Å². The molecule has 114 valence electrons. The maximum Gasteiger partial charge on any atom is 0.191 e. The number of ketones is 1. The fourth-order valence-electron chi connectivity index (χ4n) is 2.78. The summed E-state index contributed by atoms with van der Waals surface area (Å²) in [5.41, 5.74) is 2.64. The molecule has 2 rings (SSSR count). The molecule has 1 aromatic rings. The molecule has 1 aromatic carbocycles. The van der Waals surface area contributed by atoms with Crippen LogP contribution in [0.2, 0.25) is 0 Å². The first-order valence-corrected chi connectivity index (χ1v) is 7.41. The number of aryl methyl sites for hydroxylation is 1. The first-order chi connectivity index (χ1) is 10.2. The number of nitrogens with zero attached hydrogens (tertiary/aromatic N) is 1. The van der Waals surface area contributed by atoms with Crippen molar-refractivity contribution in [2.45, 2.75) is 26.2 Å². The fourth-order valence-corrected chi connectivity index (χ4v) is 2.78. The summed E-state index contributed by atoms with van der Waals surface area (Å²) >= 11 is 0. The van der Waals surface area contributed by atoms with Crippen LogP contribution < -0.4 is 4.74 Å². The zero-order valence-electron chi connectivity index (χ0n) is 12.8. The van der Waals surface area contributed by atoms with Crippen LogP contribution in [0.5, 0.6) is 5.75 Å². The van der Waals surface area contributed by atoms with E-state index in [1.165, 1.54) is 0 Å². The smallest absolute Gasteiger partial charge is 0.191 e. The summed E-state index contributed by atoms with van der Waals surface area (Å²) in [6, 6.07) is 5.63. The maximum atomic E-state index is 12.6. The van der Waals surface area contributed by atoms with Crippen molar-refractivity contribution in [2.75, 3.05) is 26.8 Å². The van der Waals surface area contributed by atoms with Gasteiger partial charge in [-0.1, -0.05) is 12.1 Å². The van der Waals surface area contributed by atoms with E-state index in [0.717, 1.165) is 43.6 Å². The first-order valence-electron chi connectivity index (χ1n) is 7.41. The molecular formula is C17H23NO3. The quantitative estimate of drug-likeness (QED) is 0.646. The molecule has 0 saturated carbocycles. The molecule has 1 aliphatic rings. The zero-order chi connectivity index (χ0) is 15.2. The van der Waals surface area contributed by atoms with Crippen molar-refractivity contribution in [3.63, 3.8) is 0 Å². The van der Waals surface area contributed by atoms with Gasteiger partial charge in [-0.3, -0.25) is 4.79 Å². The molecule has 1 N–H and O–H groups in total. The summed E-state index contributed by atoms with van der Waals surface area (Å²) in [6.07, 6.45) is 4.45. The second-order valence-electron chi connectivity index (χ2n) is 5.32. The number of ether oxygens (including phenoxy) is 1. The molecule has 0 aliphatic carbocycles. The van der Waals surface area contributed by atoms with Gasteiger partial charge in [-0.2, -0.15) is 0 Å². The molecule has 0 atom stereocenters. The van der Waals surface area contributed by atoms with Crippen LogP contribution in [0.3, 0.4) is 0 Å². The summed E-state index contributed by atoms with van der Waals surface area (Å²) < 4.78 is 5.31. The van der Waals surface area contributed by atoms with E-state index in [1.807, 2.05) is 25.1 Å². The van der Waals surface area contributed by atoms with Crippen LogP contribution in [0.25, 0.3) is 0 Å². The van der Waals surface area contributed by atoms with Crippen molar-refractivity contribution in [2.24, 2.45) is 0 Å². The molecule has 0 spiro atoms. The van der Waals surface area contributed by atoms with Crippen LogP contribution >= 0.6 is 0 Å². The largest absolute Gasteiger partial charge is 0.496 e. The molecule has 0 aromatic heterocycles. The van der Waals surface area contributed by atoms with Crippen molar-refractivity contribution < 1.29 is 14.6 Å². The van der Waals surface area contributed by atoms with E-state index in [9.17, 15) is 4.79 Å². The molecule has 1 saturated heterocycles. The molecule has 4 heteroatoms. The van der Waals surface area contributed by atoms with Gasteiger partial charge in [0, 0.05) is 31.5 Å². The Kier molecular flexibility index (Phi) is 5.39. The number of aliphatic hydroxyl groups is 1. The Labute approximate surface area is 126 Å². The highest BCUT2D eigenvalue weighted by Gasteiger charge is 2.20. The average Bonchev–Trinajstić information content (AvgIpc) is 2.91. The number of aliphatic hydroxyl groups excluding tert-OH is 1. The predicted octanol–water partition coefficient (Wildman–Crippen LogP) is 2.55. The standard InChI is InChI=1S/C17H23NO3/c1-13-6-3-8-16(21-2)17(13)15(20)12-14-7-4-9-18(14)10-5-11-19/h3,6,8,12,19H,4-5,7,9-11H2,1-2H3/b14-12+. The van der Waals surface area contributed by atoms with Gasteiger partial charge in [0.15, 0.2) is 5.78 Å². The molecule has 21 heavy (non-hydrogen) atoms. The van der Waals surface area contributed by atoms with Gasteiger partial charge in [0.2, 0.25) is 0 Å². The van der Waals surface area contributed by atoms with E-state index in [2.05, 4.69) is 4.90 Å². The van der Waals surface area contributed by atoms with Crippen LogP contribution in [0.1, 0.15) is 35.2 Å². The Morgan fingerprint density at radius 3 is 3.00 bits per heavy atom. The average molecular weight is 289 g/mol. The molecule has 1 fully saturated rings. The van der Waals surface area contributed by atoms with Gasteiger partial charge >= 0.3 is 0 Å². The van der Waals surface area contributed by atoms with Crippen LogP contribution in [-0.4, -0.2) is 42.6 Å². The van der Waals surface area contributed by atoms with Gasteiger partial charge in [-0.15, -0.1) is 0 Å². The SMILES string of the molecule is COc1cccc(C)c1C(=O)/C=C1\CCCN1CCCO. The fraction of sp³-hybridized carbons (Fsp3) is 0.471. The third kappa shape index (κ3) is 3.64. The summed E-state index contributed by atoms with van der Waals surface area (Å²) in [4.78, 5) is 14.8. The lowest BCUT2D eigenvalue weighted by molar-refractivity contribution is 0.104. The lowest BCUT2D eigenvalue weighted by Crippen LogP contribution is -2.20. The Morgan fingerprint density at radius 2 is 2.29 bits per heavy atom. The third-order valence-electron chi connectivity index (χ3n) is 3.85. The lowest BCUT2D eigenvalue weighted by Gasteiger charge is -2.19. The number of hydrogen-bond donors (Lipinski definition) is 1. The highest BCUT2D eigenvalue weighted by Crippen LogP contribution is 2.26. The predicted molar refractivity (Wildman–Crippen MR) is 82.7 cm³/mol. The van der Waals surface area contributed by atoms with Gasteiger partial charge in [0.1, 0.15) is 5.75 Å². The molecule has 0 unspecified atom stereocenters. The van der Waals surface area contributed by atoms with E-state index >= 15 is 0 Å². The zero-order valence-corrected chi connectivity index (χ0v) is 12.8. The molecule has 0 bridgehead atoms. The van der Waals surface area contributed by atoms with Gasteiger partial charge in [-0.05, 0) is 37.8 Å². The Bertz CT molecular complexity index is 537. The minimum atomic E-state index is -0.00384. The van der Waals surface area contributed by atoms with Crippen LogP contribution in [0, 0.1) is 6.92 Å². The van der Waals surface area contributed by atoms with Gasteiger partial charge < -0.3 is 14.7 Å². The molecule has 0 amide bonds. The van der Waals surface area contributed by atoms with E-state index in [-0.39, 0.29) is 12.4 Å². The monoisotopic (exact) mass is 289 g/mol. The minimum Gasteiger partial charge on any atom is -0.496 e. The highest BCUT2D eigenvalue weighted by molar-refractivity contribution is 6.08. The number of carbonyl (C=O) groups is 1. The summed E-state index contributed by atoms with van der Waals surface area (Å²) in [5.74, 6) is 0.618. The lowest BCUT2D eigenvalue weighted by atomic mass is 10.0. The van der Waals surface area contributed by atoms with E-state index in [1.54, 1.807) is 13.2 Å². The second kappa shape index (κ2) is 7.27. The third-order valence-corrected chi connectivity index (χ3v) is 3.85. The maximum absolute atomic E-state index is 12.6. The first kappa shape index (κ1) is 15.6. The molecule has 0 radical (unpaired) electrons. The van der Waals surface area contributed by atoms with Crippen molar-refractivity contribution >= 4 is 5.78 Å². The Morgan fingerprint density at radius 1 is 1.48 bits per heavy atom. The molecule has 1 aliphatic heterocycles. The van der Waals surface area contributed by atoms with Crippen molar-refractivity contribution in [1.82, 2.24) is 4.90 Å². The number of hydrogen-bond acceptors (Lipinski definition) is 4. The second-order valence-corrected chi connectivity index (χ2v) is 5.32. The number of carbonyl (C=O) groups excluding carboxylic acids is 1. The van der Waals surface area contributed by atoms with Crippen LogP contribution in [0.15, 0.2) is 30.0 Å². The summed E-state index contributed by atoms with van der Waals surface area (Å²) in [5, 5.41) is 8.95. The number of allylic oxidation sites excluding steroid dienone is 2. The van der Waals surface area contributed by atoms with Crippen molar-refractivity contribution in [1.29, 1.82) is 0 Å². The minimum absolute atomic E-state index is 0.00384. The van der Waals surface area contributed by atoms with Crippen LogP contribution in [-0.2, 0) is 0 Å². The molecule has 1 heterocycles. The molecule has 4 nitrogen and oxygen atoms in total. The van der Waals surface area contributed by atoms with Crippen molar-refractivity contribution in [3.05, 3.63) is 41.1 Å². The number of methoxy groups -OCH3 is 1. The number of rotatable bonds is 6. The van der Waals surface area contributed by atoms with E-state index < -0.39 is 0 Å². The Hall–Kier alpha value is -1.81. The van der Waals surface area contributed by atoms with E-state index in [4.69, 9.17) is 9.84 Å². The normalized spacial score (nSPS) is 16.5. The highest BCUT2D eigenvalue weighted by atomic mass is 16.5. The Balaban J connectivity index is 2.22. The summed E-state index contributed by atoms with van der Waals surface area (Å²) in [7, 11) is 1.59. The summed E-state index contributed by atoms with van der Waals surface area (Å²) in [6.45, 7) is 3.88. The van der Waals surface area contributed by atoms with Crippen LogP contribution in [0.4, 0.5) is 0 Å². The van der Waals surface area contributed by atoms with E-state index in [0.29, 0.717) is 11.3 Å². The molecular weight excluding hydrogens is 266 g/mol. The van der Waals surface area contributed by atoms with Gasteiger partial charge in [-0.25, -0.2) is 0 Å².